The van der Waals surface area contributed by atoms with Crippen molar-refractivity contribution in [2.75, 3.05) is 10.0 Å². The minimum Gasteiger partial charge on any atom is -0.322 e. The van der Waals surface area contributed by atoms with Crippen LogP contribution in [0.5, 0.6) is 0 Å². The molecular weight excluding hydrogens is 452 g/mol. The largest absolute Gasteiger partial charge is 0.322 e. The summed E-state index contributed by atoms with van der Waals surface area (Å²) in [6, 6.07) is 23.0. The van der Waals surface area contributed by atoms with Crippen LogP contribution in [0.1, 0.15) is 31.1 Å². The molecule has 0 fully saturated rings. The van der Waals surface area contributed by atoms with Gasteiger partial charge in [0.2, 0.25) is 10.0 Å². The zero-order chi connectivity index (χ0) is 24.3. The number of nitrogens with one attached hydrogen (secondary N) is 2. The molecule has 4 rings (SSSR count). The maximum absolute atomic E-state index is 12.6. The van der Waals surface area contributed by atoms with E-state index >= 15 is 0 Å². The molecule has 0 radical (unpaired) electrons. The summed E-state index contributed by atoms with van der Waals surface area (Å²) in [7, 11) is -3.54. The molecule has 34 heavy (non-hydrogen) atoms. The Morgan fingerprint density at radius 1 is 0.853 bits per heavy atom. The standard InChI is InChI=1S/C24H24N6O3S/c1-24(2,3)34(32,33)27-20-15-11-18(12-16-20)23(31)25-19-13-9-17(10-14-19)22-26-28-29-30(22)21-7-5-4-6-8-21/h4-16,27H,1-3H3,(H,25,31). The van der Waals surface area contributed by atoms with Gasteiger partial charge in [-0.3, -0.25) is 9.52 Å². The molecule has 0 saturated heterocycles. The molecule has 0 aliphatic rings. The molecule has 0 aliphatic heterocycles. The van der Waals surface area contributed by atoms with Gasteiger partial charge in [-0.05, 0) is 91.9 Å². The Bertz CT molecular complexity index is 1390. The molecule has 9 nitrogen and oxygen atoms in total. The molecule has 0 spiro atoms. The Morgan fingerprint density at radius 3 is 2.09 bits per heavy atom. The number of nitrogens with zero attached hydrogens (tertiary/aromatic N) is 4. The van der Waals surface area contributed by atoms with Crippen molar-refractivity contribution < 1.29 is 13.2 Å². The fraction of sp³-hybridized carbons (Fsp3) is 0.167. The zero-order valence-electron chi connectivity index (χ0n) is 18.9. The number of amides is 1. The third-order valence-corrected chi connectivity index (χ3v) is 7.19. The van der Waals surface area contributed by atoms with E-state index in [1.807, 2.05) is 42.5 Å². The number of carbonyl (C=O) groups excluding carboxylic acids is 1. The van der Waals surface area contributed by atoms with E-state index in [4.69, 9.17) is 0 Å². The SMILES string of the molecule is CC(C)(C)S(=O)(=O)Nc1ccc(C(=O)Nc2ccc(-c3nnnn3-c3ccccc3)cc2)cc1. The molecule has 2 N–H and O–H groups in total. The van der Waals surface area contributed by atoms with E-state index in [-0.39, 0.29) is 5.91 Å². The van der Waals surface area contributed by atoms with E-state index in [0.717, 1.165) is 11.3 Å². The van der Waals surface area contributed by atoms with Crippen molar-refractivity contribution >= 4 is 27.3 Å². The van der Waals surface area contributed by atoms with E-state index in [0.29, 0.717) is 22.8 Å². The first-order valence-electron chi connectivity index (χ1n) is 10.5. The second-order valence-corrected chi connectivity index (χ2v) is 11.0. The van der Waals surface area contributed by atoms with Crippen LogP contribution in [0.25, 0.3) is 17.1 Å². The summed E-state index contributed by atoms with van der Waals surface area (Å²) < 4.78 is 27.8. The number of aromatic nitrogens is 4. The summed E-state index contributed by atoms with van der Waals surface area (Å²) in [5.41, 5.74) is 3.03. The van der Waals surface area contributed by atoms with Gasteiger partial charge >= 0.3 is 0 Å². The van der Waals surface area contributed by atoms with Gasteiger partial charge in [-0.1, -0.05) is 18.2 Å². The first-order valence-corrected chi connectivity index (χ1v) is 12.0. The summed E-state index contributed by atoms with van der Waals surface area (Å²) in [4.78, 5) is 12.6. The smallest absolute Gasteiger partial charge is 0.255 e. The zero-order valence-corrected chi connectivity index (χ0v) is 19.7. The highest BCUT2D eigenvalue weighted by Crippen LogP contribution is 2.23. The summed E-state index contributed by atoms with van der Waals surface area (Å²) in [5, 5.41) is 14.8. The minimum atomic E-state index is -3.54. The number of para-hydroxylation sites is 1. The third kappa shape index (κ3) is 4.96. The number of anilines is 2. The van der Waals surface area contributed by atoms with Crippen LogP contribution in [0.2, 0.25) is 0 Å². The molecule has 4 aromatic rings. The summed E-state index contributed by atoms with van der Waals surface area (Å²) in [5.74, 6) is 0.268. The Labute approximate surface area is 197 Å². The lowest BCUT2D eigenvalue weighted by Crippen LogP contribution is -2.33. The fourth-order valence-corrected chi connectivity index (χ4v) is 3.77. The normalized spacial score (nSPS) is 11.7. The molecule has 3 aromatic carbocycles. The minimum absolute atomic E-state index is 0.313. The molecule has 174 valence electrons. The maximum atomic E-state index is 12.6. The molecule has 0 bridgehead atoms. The Hall–Kier alpha value is -4.05. The molecule has 1 amide bonds. The Kier molecular flexibility index (Phi) is 6.16. The lowest BCUT2D eigenvalue weighted by molar-refractivity contribution is 0.102. The van der Waals surface area contributed by atoms with E-state index in [1.54, 1.807) is 61.9 Å². The molecule has 1 aromatic heterocycles. The van der Waals surface area contributed by atoms with Gasteiger partial charge in [0, 0.05) is 22.5 Å². The van der Waals surface area contributed by atoms with Crippen molar-refractivity contribution in [1.29, 1.82) is 0 Å². The lowest BCUT2D eigenvalue weighted by atomic mass is 10.1. The van der Waals surface area contributed by atoms with Crippen LogP contribution in [0, 0.1) is 0 Å². The van der Waals surface area contributed by atoms with E-state index < -0.39 is 14.8 Å². The van der Waals surface area contributed by atoms with Gasteiger partial charge in [0.15, 0.2) is 5.82 Å². The number of rotatable bonds is 6. The first kappa shape index (κ1) is 23.1. The van der Waals surface area contributed by atoms with E-state index in [9.17, 15) is 13.2 Å². The van der Waals surface area contributed by atoms with Crippen molar-refractivity contribution in [1.82, 2.24) is 20.2 Å². The van der Waals surface area contributed by atoms with Crippen LogP contribution in [0.3, 0.4) is 0 Å². The van der Waals surface area contributed by atoms with Gasteiger partial charge in [-0.2, -0.15) is 4.68 Å². The Balaban J connectivity index is 1.45. The lowest BCUT2D eigenvalue weighted by Gasteiger charge is -2.20. The van der Waals surface area contributed by atoms with Crippen LogP contribution in [0.15, 0.2) is 78.9 Å². The summed E-state index contributed by atoms with van der Waals surface area (Å²) in [6.45, 7) is 4.85. The molecule has 0 unspecified atom stereocenters. The average Bonchev–Trinajstić information content (AvgIpc) is 3.30. The maximum Gasteiger partial charge on any atom is 0.255 e. The highest BCUT2D eigenvalue weighted by Gasteiger charge is 2.28. The van der Waals surface area contributed by atoms with Gasteiger partial charge < -0.3 is 5.32 Å². The molecule has 0 aliphatic carbocycles. The van der Waals surface area contributed by atoms with Crippen LogP contribution < -0.4 is 10.0 Å². The number of tetrazole rings is 1. The van der Waals surface area contributed by atoms with Crippen molar-refractivity contribution in [2.24, 2.45) is 0 Å². The van der Waals surface area contributed by atoms with E-state index in [1.165, 1.54) is 0 Å². The van der Waals surface area contributed by atoms with Gasteiger partial charge in [-0.15, -0.1) is 5.10 Å². The second-order valence-electron chi connectivity index (χ2n) is 8.58. The highest BCUT2D eigenvalue weighted by atomic mass is 32.2. The summed E-state index contributed by atoms with van der Waals surface area (Å²) in [6.07, 6.45) is 0. The topological polar surface area (TPSA) is 119 Å². The number of sulfonamides is 1. The molecular formula is C24H24N6O3S. The molecule has 0 saturated carbocycles. The molecule has 1 heterocycles. The second kappa shape index (κ2) is 9.06. The number of hydrogen-bond donors (Lipinski definition) is 2. The van der Waals surface area contributed by atoms with E-state index in [2.05, 4.69) is 25.6 Å². The van der Waals surface area contributed by atoms with Gasteiger partial charge in [0.05, 0.1) is 10.4 Å². The predicted molar refractivity (Wildman–Crippen MR) is 131 cm³/mol. The summed E-state index contributed by atoms with van der Waals surface area (Å²) >= 11 is 0. The predicted octanol–water partition coefficient (Wildman–Crippen LogP) is 4.12. The van der Waals surface area contributed by atoms with Crippen molar-refractivity contribution in [3.8, 4) is 17.1 Å². The monoisotopic (exact) mass is 476 g/mol. The van der Waals surface area contributed by atoms with Crippen molar-refractivity contribution in [2.45, 2.75) is 25.5 Å². The van der Waals surface area contributed by atoms with Gasteiger partial charge in [0.1, 0.15) is 0 Å². The first-order chi connectivity index (χ1) is 16.1. The number of carbonyl (C=O) groups is 1. The van der Waals surface area contributed by atoms with Crippen LogP contribution in [0.4, 0.5) is 11.4 Å². The number of benzene rings is 3. The van der Waals surface area contributed by atoms with Crippen molar-refractivity contribution in [3.63, 3.8) is 0 Å². The highest BCUT2D eigenvalue weighted by molar-refractivity contribution is 7.94. The third-order valence-electron chi connectivity index (χ3n) is 5.08. The van der Waals surface area contributed by atoms with Gasteiger partial charge in [0.25, 0.3) is 5.91 Å². The van der Waals surface area contributed by atoms with Gasteiger partial charge in [-0.25, -0.2) is 8.42 Å². The van der Waals surface area contributed by atoms with Crippen LogP contribution in [-0.2, 0) is 10.0 Å². The molecule has 10 heteroatoms. The Morgan fingerprint density at radius 2 is 1.47 bits per heavy atom. The molecule has 0 atom stereocenters. The van der Waals surface area contributed by atoms with Crippen LogP contribution in [-0.4, -0.2) is 39.3 Å². The van der Waals surface area contributed by atoms with Crippen molar-refractivity contribution in [3.05, 3.63) is 84.4 Å². The average molecular weight is 477 g/mol. The van der Waals surface area contributed by atoms with Crippen LogP contribution >= 0.6 is 0 Å². The fourth-order valence-electron chi connectivity index (χ4n) is 3.01. The quantitative estimate of drug-likeness (QED) is 0.432. The number of hydrogen-bond acceptors (Lipinski definition) is 6.